The summed E-state index contributed by atoms with van der Waals surface area (Å²) in [5, 5.41) is 14.8. The van der Waals surface area contributed by atoms with E-state index < -0.39 is 0 Å². The Morgan fingerprint density at radius 1 is 1.42 bits per heavy atom. The molecule has 102 valence electrons. The number of anilines is 2. The maximum atomic E-state index is 11.6. The van der Waals surface area contributed by atoms with Crippen molar-refractivity contribution in [1.82, 2.24) is 5.32 Å². The van der Waals surface area contributed by atoms with Crippen LogP contribution in [0.4, 0.5) is 11.4 Å². The predicted molar refractivity (Wildman–Crippen MR) is 76.6 cm³/mol. The van der Waals surface area contributed by atoms with Crippen LogP contribution in [0.1, 0.15) is 32.8 Å². The van der Waals surface area contributed by atoms with E-state index in [2.05, 4.69) is 10.6 Å². The zero-order chi connectivity index (χ0) is 14.5. The summed E-state index contributed by atoms with van der Waals surface area (Å²) in [5.41, 5.74) is 7.35. The van der Waals surface area contributed by atoms with Gasteiger partial charge in [0.25, 0.3) is 0 Å². The standard InChI is InChI=1S/C14H20N4O/c1-14(2,3)18-13(19)6-7-17-12-8-10(9-15)4-5-11(12)16/h4-5,8,17H,6-7,16H2,1-3H3,(H,18,19). The maximum absolute atomic E-state index is 11.6. The van der Waals surface area contributed by atoms with Gasteiger partial charge in [-0.3, -0.25) is 4.79 Å². The van der Waals surface area contributed by atoms with Crippen molar-refractivity contribution in [3.63, 3.8) is 0 Å². The summed E-state index contributed by atoms with van der Waals surface area (Å²) < 4.78 is 0. The van der Waals surface area contributed by atoms with Crippen LogP contribution in [0.25, 0.3) is 0 Å². The van der Waals surface area contributed by atoms with E-state index in [0.29, 0.717) is 29.9 Å². The Balaban J connectivity index is 2.50. The molecule has 0 aliphatic carbocycles. The molecule has 0 spiro atoms. The number of rotatable bonds is 4. The summed E-state index contributed by atoms with van der Waals surface area (Å²) in [6.07, 6.45) is 0.355. The van der Waals surface area contributed by atoms with Gasteiger partial charge in [0.15, 0.2) is 0 Å². The molecule has 19 heavy (non-hydrogen) atoms. The minimum atomic E-state index is -0.225. The third-order valence-electron chi connectivity index (χ3n) is 2.36. The Morgan fingerprint density at radius 2 is 2.11 bits per heavy atom. The lowest BCUT2D eigenvalue weighted by Gasteiger charge is -2.20. The van der Waals surface area contributed by atoms with Gasteiger partial charge in [0, 0.05) is 18.5 Å². The first kappa shape index (κ1) is 14.8. The zero-order valence-electron chi connectivity index (χ0n) is 11.6. The van der Waals surface area contributed by atoms with E-state index in [1.54, 1.807) is 18.2 Å². The fourth-order valence-corrected chi connectivity index (χ4v) is 1.57. The molecule has 5 heteroatoms. The average molecular weight is 260 g/mol. The number of nitrogens with one attached hydrogen (secondary N) is 2. The number of carbonyl (C=O) groups is 1. The maximum Gasteiger partial charge on any atom is 0.222 e. The molecule has 0 heterocycles. The quantitative estimate of drug-likeness (QED) is 0.721. The molecule has 0 aromatic heterocycles. The Morgan fingerprint density at radius 3 is 2.68 bits per heavy atom. The molecule has 1 rings (SSSR count). The summed E-state index contributed by atoms with van der Waals surface area (Å²) >= 11 is 0. The van der Waals surface area contributed by atoms with Gasteiger partial charge in [-0.2, -0.15) is 5.26 Å². The third-order valence-corrected chi connectivity index (χ3v) is 2.36. The lowest BCUT2D eigenvalue weighted by atomic mass is 10.1. The monoisotopic (exact) mass is 260 g/mol. The van der Waals surface area contributed by atoms with Crippen molar-refractivity contribution in [3.8, 4) is 6.07 Å². The van der Waals surface area contributed by atoms with Crippen molar-refractivity contribution >= 4 is 17.3 Å². The first-order chi connectivity index (χ1) is 8.81. The first-order valence-corrected chi connectivity index (χ1v) is 6.16. The summed E-state index contributed by atoms with van der Waals surface area (Å²) in [4.78, 5) is 11.6. The molecule has 0 saturated carbocycles. The molecule has 5 nitrogen and oxygen atoms in total. The first-order valence-electron chi connectivity index (χ1n) is 6.16. The van der Waals surface area contributed by atoms with Gasteiger partial charge >= 0.3 is 0 Å². The van der Waals surface area contributed by atoms with Crippen molar-refractivity contribution in [2.75, 3.05) is 17.6 Å². The number of carbonyl (C=O) groups excluding carboxylic acids is 1. The van der Waals surface area contributed by atoms with Gasteiger partial charge in [0.2, 0.25) is 5.91 Å². The number of nitrogens with zero attached hydrogens (tertiary/aromatic N) is 1. The Bertz CT molecular complexity index is 497. The third kappa shape index (κ3) is 5.30. The van der Waals surface area contributed by atoms with E-state index in [4.69, 9.17) is 11.0 Å². The van der Waals surface area contributed by atoms with Crippen molar-refractivity contribution in [2.45, 2.75) is 32.7 Å². The van der Waals surface area contributed by atoms with E-state index in [9.17, 15) is 4.79 Å². The molecular formula is C14H20N4O. The molecule has 4 N–H and O–H groups in total. The summed E-state index contributed by atoms with van der Waals surface area (Å²) in [6, 6.07) is 7.06. The fourth-order valence-electron chi connectivity index (χ4n) is 1.57. The van der Waals surface area contributed by atoms with Gasteiger partial charge in [-0.1, -0.05) is 0 Å². The molecule has 0 aliphatic heterocycles. The van der Waals surface area contributed by atoms with Gasteiger partial charge in [0.1, 0.15) is 0 Å². The van der Waals surface area contributed by atoms with Crippen LogP contribution in [0.2, 0.25) is 0 Å². The molecular weight excluding hydrogens is 240 g/mol. The van der Waals surface area contributed by atoms with Crippen molar-refractivity contribution < 1.29 is 4.79 Å². The van der Waals surface area contributed by atoms with Crippen molar-refractivity contribution in [2.24, 2.45) is 0 Å². The van der Waals surface area contributed by atoms with E-state index in [1.165, 1.54) is 0 Å². The van der Waals surface area contributed by atoms with Crippen LogP contribution in [0.5, 0.6) is 0 Å². The summed E-state index contributed by atoms with van der Waals surface area (Å²) in [6.45, 7) is 6.28. The minimum Gasteiger partial charge on any atom is -0.397 e. The molecule has 0 unspecified atom stereocenters. The largest absolute Gasteiger partial charge is 0.397 e. The second-order valence-corrected chi connectivity index (χ2v) is 5.39. The lowest BCUT2D eigenvalue weighted by molar-refractivity contribution is -0.122. The molecule has 0 aliphatic rings. The molecule has 1 aromatic rings. The van der Waals surface area contributed by atoms with Gasteiger partial charge in [-0.25, -0.2) is 0 Å². The SMILES string of the molecule is CC(C)(C)NC(=O)CCNc1cc(C#N)ccc1N. The number of nitrogens with two attached hydrogens (primary N) is 1. The van der Waals surface area contributed by atoms with Crippen LogP contribution < -0.4 is 16.4 Å². The molecule has 0 fully saturated rings. The van der Waals surface area contributed by atoms with Crippen LogP contribution in [0.3, 0.4) is 0 Å². The number of nitriles is 1. The van der Waals surface area contributed by atoms with Gasteiger partial charge < -0.3 is 16.4 Å². The topological polar surface area (TPSA) is 90.9 Å². The van der Waals surface area contributed by atoms with E-state index in [0.717, 1.165) is 0 Å². The molecule has 0 saturated heterocycles. The number of benzene rings is 1. The van der Waals surface area contributed by atoms with Crippen molar-refractivity contribution in [1.29, 1.82) is 5.26 Å². The molecule has 1 aromatic carbocycles. The van der Waals surface area contributed by atoms with Crippen LogP contribution in [0.15, 0.2) is 18.2 Å². The van der Waals surface area contributed by atoms with Crippen LogP contribution in [0, 0.1) is 11.3 Å². The fraction of sp³-hybridized carbons (Fsp3) is 0.429. The highest BCUT2D eigenvalue weighted by Gasteiger charge is 2.13. The van der Waals surface area contributed by atoms with Crippen LogP contribution in [-0.4, -0.2) is 18.0 Å². The van der Waals surface area contributed by atoms with Crippen LogP contribution in [-0.2, 0) is 4.79 Å². The molecule has 0 radical (unpaired) electrons. The molecule has 0 bridgehead atoms. The second-order valence-electron chi connectivity index (χ2n) is 5.39. The number of hydrogen-bond acceptors (Lipinski definition) is 4. The van der Waals surface area contributed by atoms with Crippen LogP contribution >= 0.6 is 0 Å². The Hall–Kier alpha value is -2.22. The second kappa shape index (κ2) is 6.10. The van der Waals surface area contributed by atoms with E-state index >= 15 is 0 Å². The number of nitrogen functional groups attached to an aromatic ring is 1. The number of amides is 1. The minimum absolute atomic E-state index is 0.0185. The normalized spacial score (nSPS) is 10.6. The van der Waals surface area contributed by atoms with Gasteiger partial charge in [-0.15, -0.1) is 0 Å². The zero-order valence-corrected chi connectivity index (χ0v) is 11.6. The number of hydrogen-bond donors (Lipinski definition) is 3. The smallest absolute Gasteiger partial charge is 0.222 e. The van der Waals surface area contributed by atoms with E-state index in [-0.39, 0.29) is 11.4 Å². The average Bonchev–Trinajstić information content (AvgIpc) is 2.29. The van der Waals surface area contributed by atoms with Crippen molar-refractivity contribution in [3.05, 3.63) is 23.8 Å². The van der Waals surface area contributed by atoms with E-state index in [1.807, 2.05) is 26.8 Å². The predicted octanol–water partition coefficient (Wildman–Crippen LogP) is 1.86. The Labute approximate surface area is 113 Å². The highest BCUT2D eigenvalue weighted by atomic mass is 16.1. The lowest BCUT2D eigenvalue weighted by Crippen LogP contribution is -2.41. The molecule has 1 amide bonds. The highest BCUT2D eigenvalue weighted by molar-refractivity contribution is 5.77. The molecule has 0 atom stereocenters. The summed E-state index contributed by atoms with van der Waals surface area (Å²) in [5.74, 6) is -0.0185. The summed E-state index contributed by atoms with van der Waals surface area (Å²) in [7, 11) is 0. The Kier molecular flexibility index (Phi) is 4.76. The van der Waals surface area contributed by atoms with Gasteiger partial charge in [-0.05, 0) is 39.0 Å². The highest BCUT2D eigenvalue weighted by Crippen LogP contribution is 2.19. The van der Waals surface area contributed by atoms with Gasteiger partial charge in [0.05, 0.1) is 23.0 Å².